The van der Waals surface area contributed by atoms with Crippen molar-refractivity contribution in [1.29, 1.82) is 0 Å². The van der Waals surface area contributed by atoms with Crippen molar-refractivity contribution in [2.24, 2.45) is 10.9 Å². The van der Waals surface area contributed by atoms with Crippen LogP contribution in [0, 0.1) is 5.92 Å². The Kier molecular flexibility index (Phi) is 9.29. The lowest BCUT2D eigenvalue weighted by Gasteiger charge is -2.24. The lowest BCUT2D eigenvalue weighted by molar-refractivity contribution is 0.322. The van der Waals surface area contributed by atoms with Crippen LogP contribution in [0.1, 0.15) is 64.7 Å². The van der Waals surface area contributed by atoms with E-state index in [1.54, 1.807) is 16.7 Å². The van der Waals surface area contributed by atoms with Crippen molar-refractivity contribution in [3.8, 4) is 0 Å². The molecule has 1 heterocycles. The number of nitrogens with zero attached hydrogens (tertiary/aromatic N) is 2. The normalized spacial score (nSPS) is 17.1. The zero-order valence-electron chi connectivity index (χ0n) is 16.5. The fourth-order valence-corrected chi connectivity index (χ4v) is 3.72. The molecule has 1 aromatic heterocycles. The van der Waals surface area contributed by atoms with Crippen LogP contribution in [0.4, 0.5) is 0 Å². The van der Waals surface area contributed by atoms with Gasteiger partial charge < -0.3 is 15.2 Å². The maximum Gasteiger partial charge on any atom is 0.250 e. The first-order chi connectivity index (χ1) is 12.7. The molecule has 5 nitrogen and oxygen atoms in total. The van der Waals surface area contributed by atoms with Gasteiger partial charge in [-0.2, -0.15) is 0 Å². The van der Waals surface area contributed by atoms with Gasteiger partial charge in [-0.05, 0) is 44.6 Å². The minimum atomic E-state index is 0.0738. The third kappa shape index (κ3) is 7.63. The van der Waals surface area contributed by atoms with E-state index in [0.29, 0.717) is 6.04 Å². The maximum atomic E-state index is 11.7. The highest BCUT2D eigenvalue weighted by molar-refractivity contribution is 5.79. The second-order valence-corrected chi connectivity index (χ2v) is 7.57. The van der Waals surface area contributed by atoms with Gasteiger partial charge in [-0.15, -0.1) is 0 Å². The predicted molar refractivity (Wildman–Crippen MR) is 110 cm³/mol. The Morgan fingerprint density at radius 1 is 1.27 bits per heavy atom. The summed E-state index contributed by atoms with van der Waals surface area (Å²) < 4.78 is 1.76. The number of pyridine rings is 1. The van der Waals surface area contributed by atoms with E-state index in [-0.39, 0.29) is 5.56 Å². The number of guanidine groups is 1. The van der Waals surface area contributed by atoms with Crippen LogP contribution < -0.4 is 16.2 Å². The molecule has 0 bridgehead atoms. The molecule has 0 radical (unpaired) electrons. The summed E-state index contributed by atoms with van der Waals surface area (Å²) in [5, 5.41) is 6.90. The Hall–Kier alpha value is -1.78. The molecule has 5 heteroatoms. The number of nitrogens with one attached hydrogen (secondary N) is 2. The first-order valence-corrected chi connectivity index (χ1v) is 10.3. The van der Waals surface area contributed by atoms with Crippen LogP contribution in [0.15, 0.2) is 34.2 Å². The first kappa shape index (κ1) is 20.5. The van der Waals surface area contributed by atoms with Crippen LogP contribution in [-0.2, 0) is 6.54 Å². The molecule has 1 fully saturated rings. The van der Waals surface area contributed by atoms with Crippen molar-refractivity contribution in [2.45, 2.75) is 77.3 Å². The average molecular weight is 361 g/mol. The summed E-state index contributed by atoms with van der Waals surface area (Å²) in [7, 11) is 1.83. The van der Waals surface area contributed by atoms with Gasteiger partial charge in [0.1, 0.15) is 0 Å². The van der Waals surface area contributed by atoms with E-state index >= 15 is 0 Å². The molecule has 2 N–H and O–H groups in total. The van der Waals surface area contributed by atoms with E-state index in [0.717, 1.165) is 37.8 Å². The largest absolute Gasteiger partial charge is 0.356 e. The summed E-state index contributed by atoms with van der Waals surface area (Å²) in [6.45, 7) is 3.89. The van der Waals surface area contributed by atoms with Crippen molar-refractivity contribution >= 4 is 5.96 Å². The highest BCUT2D eigenvalue weighted by atomic mass is 16.1. The zero-order valence-corrected chi connectivity index (χ0v) is 16.5. The van der Waals surface area contributed by atoms with E-state index in [9.17, 15) is 4.79 Å². The maximum absolute atomic E-state index is 11.7. The molecule has 146 valence electrons. The molecule has 1 aromatic rings. The highest BCUT2D eigenvalue weighted by Crippen LogP contribution is 2.27. The first-order valence-electron chi connectivity index (χ1n) is 10.3. The number of rotatable bonds is 9. The molecule has 0 aromatic carbocycles. The summed E-state index contributed by atoms with van der Waals surface area (Å²) in [6.07, 6.45) is 13.5. The monoisotopic (exact) mass is 360 g/mol. The van der Waals surface area contributed by atoms with E-state index < -0.39 is 0 Å². The topological polar surface area (TPSA) is 58.4 Å². The molecular formula is C21H36N4O. The second-order valence-electron chi connectivity index (χ2n) is 7.57. The van der Waals surface area contributed by atoms with Crippen LogP contribution in [0.3, 0.4) is 0 Å². The van der Waals surface area contributed by atoms with E-state index in [4.69, 9.17) is 0 Å². The van der Waals surface area contributed by atoms with Crippen LogP contribution in [0.5, 0.6) is 0 Å². The third-order valence-corrected chi connectivity index (χ3v) is 5.36. The van der Waals surface area contributed by atoms with Crippen molar-refractivity contribution in [2.75, 3.05) is 13.6 Å². The smallest absolute Gasteiger partial charge is 0.250 e. The second kappa shape index (κ2) is 11.8. The van der Waals surface area contributed by atoms with Gasteiger partial charge in [-0.3, -0.25) is 9.79 Å². The molecule has 1 atom stereocenters. The molecule has 26 heavy (non-hydrogen) atoms. The van der Waals surface area contributed by atoms with Gasteiger partial charge in [0.05, 0.1) is 0 Å². The molecule has 1 aliphatic carbocycles. The molecule has 1 saturated carbocycles. The number of aromatic nitrogens is 1. The quantitative estimate of drug-likeness (QED) is 0.402. The van der Waals surface area contributed by atoms with Gasteiger partial charge in [0.25, 0.3) is 0 Å². The van der Waals surface area contributed by atoms with Crippen LogP contribution in [-0.4, -0.2) is 30.2 Å². The van der Waals surface area contributed by atoms with Crippen LogP contribution >= 0.6 is 0 Å². The number of aliphatic imine (C=N–C) groups is 1. The average Bonchev–Trinajstić information content (AvgIpc) is 2.67. The van der Waals surface area contributed by atoms with E-state index in [1.807, 2.05) is 19.3 Å². The fraction of sp³-hybridized carbons (Fsp3) is 0.714. The molecule has 1 unspecified atom stereocenters. The Labute approximate surface area is 158 Å². The number of aryl methyl sites for hydroxylation is 1. The van der Waals surface area contributed by atoms with Gasteiger partial charge in [0.2, 0.25) is 5.56 Å². The minimum Gasteiger partial charge on any atom is -0.356 e. The molecule has 0 saturated heterocycles. The number of unbranched alkanes of at least 4 members (excludes halogenated alkanes) is 1. The van der Waals surface area contributed by atoms with Crippen LogP contribution in [0.25, 0.3) is 0 Å². The lowest BCUT2D eigenvalue weighted by Crippen LogP contribution is -2.42. The van der Waals surface area contributed by atoms with E-state index in [2.05, 4.69) is 22.5 Å². The fourth-order valence-electron chi connectivity index (χ4n) is 3.72. The Balaban J connectivity index is 1.58. The van der Waals surface area contributed by atoms with Gasteiger partial charge in [-0.25, -0.2) is 0 Å². The molecule has 2 rings (SSSR count). The number of hydrogen-bond acceptors (Lipinski definition) is 2. The Morgan fingerprint density at radius 2 is 2.08 bits per heavy atom. The summed E-state index contributed by atoms with van der Waals surface area (Å²) in [5.41, 5.74) is 0.0738. The summed E-state index contributed by atoms with van der Waals surface area (Å²) in [6, 6.07) is 5.75. The molecule has 0 spiro atoms. The van der Waals surface area contributed by atoms with Crippen molar-refractivity contribution in [3.05, 3.63) is 34.7 Å². The third-order valence-electron chi connectivity index (χ3n) is 5.36. The molecular weight excluding hydrogens is 324 g/mol. The predicted octanol–water partition coefficient (Wildman–Crippen LogP) is 3.54. The SMILES string of the molecule is CN=C(NCCCCn1ccccc1=O)NC(C)CCC1CCCCC1. The van der Waals surface area contributed by atoms with Gasteiger partial charge in [0, 0.05) is 38.4 Å². The van der Waals surface area contributed by atoms with Crippen molar-refractivity contribution in [1.82, 2.24) is 15.2 Å². The Bertz CT molecular complexity index is 590. The Morgan fingerprint density at radius 3 is 2.81 bits per heavy atom. The van der Waals surface area contributed by atoms with E-state index in [1.165, 1.54) is 44.9 Å². The summed E-state index contributed by atoms with van der Waals surface area (Å²) in [4.78, 5) is 16.0. The van der Waals surface area contributed by atoms with Gasteiger partial charge >= 0.3 is 0 Å². The van der Waals surface area contributed by atoms with Gasteiger partial charge in [0.15, 0.2) is 5.96 Å². The molecule has 0 amide bonds. The van der Waals surface area contributed by atoms with Crippen LogP contribution in [0.2, 0.25) is 0 Å². The van der Waals surface area contributed by atoms with Crippen molar-refractivity contribution in [3.63, 3.8) is 0 Å². The van der Waals surface area contributed by atoms with Gasteiger partial charge in [-0.1, -0.05) is 38.2 Å². The highest BCUT2D eigenvalue weighted by Gasteiger charge is 2.14. The van der Waals surface area contributed by atoms with Crippen molar-refractivity contribution < 1.29 is 0 Å². The number of hydrogen-bond donors (Lipinski definition) is 2. The molecule has 0 aliphatic heterocycles. The summed E-state index contributed by atoms with van der Waals surface area (Å²) in [5.74, 6) is 1.82. The summed E-state index contributed by atoms with van der Waals surface area (Å²) >= 11 is 0. The zero-order chi connectivity index (χ0) is 18.6. The minimum absolute atomic E-state index is 0.0738. The molecule has 1 aliphatic rings. The standard InChI is InChI=1S/C21H36N4O/c1-18(13-14-19-10-4-3-5-11-19)24-21(22-2)23-15-7-9-17-25-16-8-6-12-20(25)26/h6,8,12,16,18-19H,3-5,7,9-11,13-15,17H2,1-2H3,(H2,22,23,24). The lowest BCUT2D eigenvalue weighted by atomic mass is 9.85.